The lowest BCUT2D eigenvalue weighted by atomic mass is 10.3. The fraction of sp³-hybridized carbons (Fsp3) is 0.222. The van der Waals surface area contributed by atoms with E-state index in [0.717, 1.165) is 0 Å². The van der Waals surface area contributed by atoms with Crippen LogP contribution in [0.25, 0.3) is 0 Å². The number of carbonyl (C=O) groups is 1. The highest BCUT2D eigenvalue weighted by Crippen LogP contribution is 2.29. The number of hydrogen-bond acceptors (Lipinski definition) is 4. The topological polar surface area (TPSA) is 89.7 Å². The monoisotopic (exact) mass is 323 g/mol. The molecule has 1 atom stereocenters. The van der Waals surface area contributed by atoms with Crippen molar-refractivity contribution in [1.82, 2.24) is 0 Å². The average molecular weight is 325 g/mol. The Balaban J connectivity index is 2.79. The number of halogens is 2. The number of rotatable bonds is 5. The van der Waals surface area contributed by atoms with Gasteiger partial charge in [-0.05, 0) is 22.0 Å². The molecule has 6 nitrogen and oxygen atoms in total. The molecule has 0 heterocycles. The third-order valence-electron chi connectivity index (χ3n) is 1.78. The number of carboxylic acids is 1. The number of hydrogen-bond donors (Lipinski definition) is 1. The van der Waals surface area contributed by atoms with Gasteiger partial charge in [0.1, 0.15) is 12.4 Å². The summed E-state index contributed by atoms with van der Waals surface area (Å²) in [7, 11) is 0. The molecular weight excluding hydrogens is 317 g/mol. The van der Waals surface area contributed by atoms with E-state index < -0.39 is 16.3 Å². The Bertz CT molecular complexity index is 453. The lowest BCUT2D eigenvalue weighted by Gasteiger charge is -2.09. The SMILES string of the molecule is O=C(O)C(Cl)COc1cc([N+](=O)[O-])ccc1Br. The molecule has 1 N–H and O–H groups in total. The van der Waals surface area contributed by atoms with Crippen molar-refractivity contribution in [3.8, 4) is 5.75 Å². The van der Waals surface area contributed by atoms with Crippen molar-refractivity contribution in [3.63, 3.8) is 0 Å². The van der Waals surface area contributed by atoms with Gasteiger partial charge in [0.05, 0.1) is 15.5 Å². The first-order valence-electron chi connectivity index (χ1n) is 4.35. The molecule has 0 fully saturated rings. The summed E-state index contributed by atoms with van der Waals surface area (Å²) in [6, 6.07) is 3.93. The van der Waals surface area contributed by atoms with Gasteiger partial charge < -0.3 is 9.84 Å². The summed E-state index contributed by atoms with van der Waals surface area (Å²) in [5, 5.41) is 17.9. The molecule has 1 unspecified atom stereocenters. The Labute approximate surface area is 109 Å². The van der Waals surface area contributed by atoms with E-state index in [1.807, 2.05) is 0 Å². The molecule has 0 saturated carbocycles. The maximum Gasteiger partial charge on any atom is 0.325 e. The molecule has 92 valence electrons. The van der Waals surface area contributed by atoms with Crippen LogP contribution in [0.1, 0.15) is 0 Å². The minimum Gasteiger partial charge on any atom is -0.490 e. The molecule has 0 saturated heterocycles. The lowest BCUT2D eigenvalue weighted by Crippen LogP contribution is -2.21. The highest BCUT2D eigenvalue weighted by Gasteiger charge is 2.16. The van der Waals surface area contributed by atoms with Crippen LogP contribution in [0.15, 0.2) is 22.7 Å². The Morgan fingerprint density at radius 3 is 2.82 bits per heavy atom. The third kappa shape index (κ3) is 3.86. The molecule has 0 spiro atoms. The average Bonchev–Trinajstić information content (AvgIpc) is 2.26. The Morgan fingerprint density at radius 1 is 1.65 bits per heavy atom. The van der Waals surface area contributed by atoms with Gasteiger partial charge in [-0.3, -0.25) is 14.9 Å². The number of nitro benzene ring substituents is 1. The molecule has 0 radical (unpaired) electrons. The number of carboxylic acid groups (broad SMARTS) is 1. The van der Waals surface area contributed by atoms with Gasteiger partial charge in [0, 0.05) is 6.07 Å². The first-order chi connectivity index (χ1) is 7.91. The molecule has 0 aromatic heterocycles. The molecule has 0 aliphatic rings. The largest absolute Gasteiger partial charge is 0.490 e. The van der Waals surface area contributed by atoms with E-state index in [-0.39, 0.29) is 18.0 Å². The van der Waals surface area contributed by atoms with Crippen LogP contribution >= 0.6 is 27.5 Å². The second kappa shape index (κ2) is 5.83. The Morgan fingerprint density at radius 2 is 2.29 bits per heavy atom. The molecule has 8 heteroatoms. The van der Waals surface area contributed by atoms with E-state index >= 15 is 0 Å². The van der Waals surface area contributed by atoms with E-state index in [1.165, 1.54) is 18.2 Å². The number of nitro groups is 1. The van der Waals surface area contributed by atoms with Crippen molar-refractivity contribution in [2.45, 2.75) is 5.38 Å². The van der Waals surface area contributed by atoms with Crippen molar-refractivity contribution in [1.29, 1.82) is 0 Å². The normalized spacial score (nSPS) is 11.9. The van der Waals surface area contributed by atoms with E-state index in [9.17, 15) is 14.9 Å². The smallest absolute Gasteiger partial charge is 0.325 e. The highest BCUT2D eigenvalue weighted by molar-refractivity contribution is 9.10. The zero-order valence-corrected chi connectivity index (χ0v) is 10.6. The molecular formula is C9H7BrClNO5. The number of non-ortho nitro benzene ring substituents is 1. The van der Waals surface area contributed by atoms with Crippen LogP contribution in [0.2, 0.25) is 0 Å². The predicted molar refractivity (Wildman–Crippen MR) is 63.6 cm³/mol. The van der Waals surface area contributed by atoms with Crippen molar-refractivity contribution in [2.75, 3.05) is 6.61 Å². The van der Waals surface area contributed by atoms with Gasteiger partial charge in [0.15, 0.2) is 5.38 Å². The molecule has 1 aromatic rings. The van der Waals surface area contributed by atoms with Crippen molar-refractivity contribution < 1.29 is 19.6 Å². The minimum atomic E-state index is -1.21. The van der Waals surface area contributed by atoms with Gasteiger partial charge in [-0.25, -0.2) is 0 Å². The summed E-state index contributed by atoms with van der Waals surface area (Å²) < 4.78 is 5.57. The summed E-state index contributed by atoms with van der Waals surface area (Å²) in [5.74, 6) is -1.04. The van der Waals surface area contributed by atoms with Crippen LogP contribution in [0, 0.1) is 10.1 Å². The van der Waals surface area contributed by atoms with Crippen molar-refractivity contribution in [2.24, 2.45) is 0 Å². The minimum absolute atomic E-state index is 0.148. The summed E-state index contributed by atoms with van der Waals surface area (Å²) in [6.07, 6.45) is 0. The fourth-order valence-electron chi connectivity index (χ4n) is 0.950. The number of nitrogens with zero attached hydrogens (tertiary/aromatic N) is 1. The van der Waals surface area contributed by atoms with Gasteiger partial charge in [0.2, 0.25) is 0 Å². The summed E-state index contributed by atoms with van der Waals surface area (Å²) in [5.41, 5.74) is -0.148. The summed E-state index contributed by atoms with van der Waals surface area (Å²) in [4.78, 5) is 20.4. The second-order valence-electron chi connectivity index (χ2n) is 2.99. The number of aliphatic carboxylic acids is 1. The zero-order valence-electron chi connectivity index (χ0n) is 8.30. The van der Waals surface area contributed by atoms with Crippen LogP contribution in [0.3, 0.4) is 0 Å². The zero-order chi connectivity index (χ0) is 13.0. The van der Waals surface area contributed by atoms with Gasteiger partial charge in [-0.1, -0.05) is 0 Å². The first-order valence-corrected chi connectivity index (χ1v) is 5.58. The number of alkyl halides is 1. The van der Waals surface area contributed by atoms with Crippen molar-refractivity contribution in [3.05, 3.63) is 32.8 Å². The number of ether oxygens (including phenoxy) is 1. The van der Waals surface area contributed by atoms with Crippen molar-refractivity contribution >= 4 is 39.2 Å². The van der Waals surface area contributed by atoms with Gasteiger partial charge >= 0.3 is 5.97 Å². The third-order valence-corrected chi connectivity index (χ3v) is 2.75. The molecule has 17 heavy (non-hydrogen) atoms. The predicted octanol–water partition coefficient (Wildman–Crippen LogP) is 2.43. The molecule has 0 bridgehead atoms. The standard InChI is InChI=1S/C9H7BrClNO5/c10-6-2-1-5(12(15)16)3-8(6)17-4-7(11)9(13)14/h1-3,7H,4H2,(H,13,14). The highest BCUT2D eigenvalue weighted by atomic mass is 79.9. The summed E-state index contributed by atoms with van der Waals surface area (Å²) >= 11 is 8.58. The van der Waals surface area contributed by atoms with E-state index in [1.54, 1.807) is 0 Å². The van der Waals surface area contributed by atoms with E-state index in [4.69, 9.17) is 21.4 Å². The summed E-state index contributed by atoms with van der Waals surface area (Å²) in [6.45, 7) is -0.281. The molecule has 1 rings (SSSR count). The van der Waals surface area contributed by atoms with E-state index in [2.05, 4.69) is 15.9 Å². The lowest BCUT2D eigenvalue weighted by molar-refractivity contribution is -0.385. The quantitative estimate of drug-likeness (QED) is 0.510. The van der Waals surface area contributed by atoms with Crippen LogP contribution in [0.4, 0.5) is 5.69 Å². The number of benzene rings is 1. The first kappa shape index (κ1) is 13.7. The Kier molecular flexibility index (Phi) is 4.71. The molecule has 0 aliphatic heterocycles. The van der Waals surface area contributed by atoms with Crippen LogP contribution in [-0.4, -0.2) is 28.0 Å². The second-order valence-corrected chi connectivity index (χ2v) is 4.37. The Hall–Kier alpha value is -1.34. The fourth-order valence-corrected chi connectivity index (χ4v) is 1.37. The molecule has 0 amide bonds. The van der Waals surface area contributed by atoms with Crippen LogP contribution in [0.5, 0.6) is 5.75 Å². The van der Waals surface area contributed by atoms with Gasteiger partial charge in [-0.2, -0.15) is 0 Å². The van der Waals surface area contributed by atoms with Gasteiger partial charge in [0.25, 0.3) is 5.69 Å². The maximum absolute atomic E-state index is 10.5. The maximum atomic E-state index is 10.5. The van der Waals surface area contributed by atoms with Gasteiger partial charge in [-0.15, -0.1) is 11.6 Å². The molecule has 0 aliphatic carbocycles. The van der Waals surface area contributed by atoms with Crippen LogP contribution in [-0.2, 0) is 4.79 Å². The van der Waals surface area contributed by atoms with Crippen LogP contribution < -0.4 is 4.74 Å². The molecule has 1 aromatic carbocycles. The van der Waals surface area contributed by atoms with E-state index in [0.29, 0.717) is 4.47 Å².